The first-order valence-electron chi connectivity index (χ1n) is 8.32. The fourth-order valence-electron chi connectivity index (χ4n) is 2.99. The standard InChI is InChI=1S/C16H29N3O2/c1-4-5-10-15-17-16(21-18-15)12(2)19(3)11-13-8-6-7-9-14(13)20/h12-14,20H,4-11H2,1-3H3. The molecule has 3 atom stereocenters. The molecule has 0 radical (unpaired) electrons. The zero-order valence-corrected chi connectivity index (χ0v) is 13.6. The molecule has 120 valence electrons. The number of rotatable bonds is 7. The number of hydrogen-bond acceptors (Lipinski definition) is 5. The average molecular weight is 295 g/mol. The van der Waals surface area contributed by atoms with Crippen molar-refractivity contribution in [2.45, 2.75) is 70.9 Å². The molecule has 1 aliphatic rings. The quantitative estimate of drug-likeness (QED) is 0.838. The Hall–Kier alpha value is -0.940. The molecule has 21 heavy (non-hydrogen) atoms. The predicted octanol–water partition coefficient (Wildman–Crippen LogP) is 2.96. The maximum absolute atomic E-state index is 10.1. The van der Waals surface area contributed by atoms with Crippen LogP contribution in [0.25, 0.3) is 0 Å². The van der Waals surface area contributed by atoms with Crippen LogP contribution in [-0.4, -0.2) is 39.8 Å². The Morgan fingerprint density at radius 2 is 2.14 bits per heavy atom. The van der Waals surface area contributed by atoms with E-state index in [0.717, 1.165) is 50.9 Å². The van der Waals surface area contributed by atoms with Crippen LogP contribution in [0.5, 0.6) is 0 Å². The van der Waals surface area contributed by atoms with Crippen LogP contribution >= 0.6 is 0 Å². The molecular weight excluding hydrogens is 266 g/mol. The van der Waals surface area contributed by atoms with Crippen LogP contribution in [0.3, 0.4) is 0 Å². The highest BCUT2D eigenvalue weighted by Gasteiger charge is 2.27. The lowest BCUT2D eigenvalue weighted by molar-refractivity contribution is 0.0415. The summed E-state index contributed by atoms with van der Waals surface area (Å²) < 4.78 is 5.40. The van der Waals surface area contributed by atoms with Gasteiger partial charge < -0.3 is 9.63 Å². The number of aryl methyl sites for hydroxylation is 1. The van der Waals surface area contributed by atoms with E-state index in [4.69, 9.17) is 4.52 Å². The summed E-state index contributed by atoms with van der Waals surface area (Å²) in [7, 11) is 2.07. The Bertz CT molecular complexity index is 421. The van der Waals surface area contributed by atoms with Crippen molar-refractivity contribution < 1.29 is 9.63 Å². The molecule has 0 amide bonds. The molecule has 0 bridgehead atoms. The van der Waals surface area contributed by atoms with E-state index in [9.17, 15) is 5.11 Å². The van der Waals surface area contributed by atoms with Crippen molar-refractivity contribution in [3.63, 3.8) is 0 Å². The van der Waals surface area contributed by atoms with Gasteiger partial charge in [-0.2, -0.15) is 4.98 Å². The molecule has 5 heteroatoms. The van der Waals surface area contributed by atoms with Gasteiger partial charge in [-0.15, -0.1) is 0 Å². The van der Waals surface area contributed by atoms with E-state index in [2.05, 4.69) is 35.9 Å². The van der Waals surface area contributed by atoms with Crippen LogP contribution in [-0.2, 0) is 6.42 Å². The molecule has 3 unspecified atom stereocenters. The van der Waals surface area contributed by atoms with Gasteiger partial charge >= 0.3 is 0 Å². The molecule has 1 aliphatic carbocycles. The molecule has 0 spiro atoms. The van der Waals surface area contributed by atoms with Gasteiger partial charge in [0.05, 0.1) is 12.1 Å². The SMILES string of the molecule is CCCCc1noc(C(C)N(C)CC2CCCCC2O)n1. The van der Waals surface area contributed by atoms with Gasteiger partial charge in [0.2, 0.25) is 5.89 Å². The highest BCUT2D eigenvalue weighted by atomic mass is 16.5. The third kappa shape index (κ3) is 4.51. The van der Waals surface area contributed by atoms with E-state index in [1.807, 2.05) is 0 Å². The van der Waals surface area contributed by atoms with Crippen molar-refractivity contribution in [3.05, 3.63) is 11.7 Å². The van der Waals surface area contributed by atoms with Gasteiger partial charge in [-0.1, -0.05) is 31.3 Å². The predicted molar refractivity (Wildman–Crippen MR) is 81.9 cm³/mol. The summed E-state index contributed by atoms with van der Waals surface area (Å²) in [5.74, 6) is 1.87. The molecule has 5 nitrogen and oxygen atoms in total. The van der Waals surface area contributed by atoms with Crippen LogP contribution in [0.1, 0.15) is 70.1 Å². The van der Waals surface area contributed by atoms with Crippen molar-refractivity contribution in [2.75, 3.05) is 13.6 Å². The maximum Gasteiger partial charge on any atom is 0.243 e. The first kappa shape index (κ1) is 16.4. The fourth-order valence-corrected chi connectivity index (χ4v) is 2.99. The molecule has 1 aromatic rings. The molecular formula is C16H29N3O2. The molecule has 1 saturated carbocycles. The first-order chi connectivity index (χ1) is 10.1. The smallest absolute Gasteiger partial charge is 0.243 e. The zero-order chi connectivity index (χ0) is 15.2. The minimum atomic E-state index is -0.156. The summed E-state index contributed by atoms with van der Waals surface area (Å²) in [6.45, 7) is 5.13. The maximum atomic E-state index is 10.1. The number of aliphatic hydroxyl groups excluding tert-OH is 1. The van der Waals surface area contributed by atoms with Gasteiger partial charge in [0, 0.05) is 13.0 Å². The minimum absolute atomic E-state index is 0.0991. The van der Waals surface area contributed by atoms with Crippen molar-refractivity contribution in [1.29, 1.82) is 0 Å². The van der Waals surface area contributed by atoms with Crippen LogP contribution in [0.15, 0.2) is 4.52 Å². The van der Waals surface area contributed by atoms with Gasteiger partial charge in [-0.25, -0.2) is 0 Å². The lowest BCUT2D eigenvalue weighted by atomic mass is 9.86. The summed E-state index contributed by atoms with van der Waals surface area (Å²) in [5, 5.41) is 14.2. The summed E-state index contributed by atoms with van der Waals surface area (Å²) in [6.07, 6.45) is 7.40. The van der Waals surface area contributed by atoms with Gasteiger partial charge in [0.15, 0.2) is 5.82 Å². The number of nitrogens with zero attached hydrogens (tertiary/aromatic N) is 3. The number of aromatic nitrogens is 2. The molecule has 2 rings (SSSR count). The minimum Gasteiger partial charge on any atom is -0.393 e. The number of hydrogen-bond donors (Lipinski definition) is 1. The second-order valence-corrected chi connectivity index (χ2v) is 6.38. The normalized spacial score (nSPS) is 24.4. The fraction of sp³-hybridized carbons (Fsp3) is 0.875. The highest BCUT2D eigenvalue weighted by Crippen LogP contribution is 2.27. The van der Waals surface area contributed by atoms with Crippen molar-refractivity contribution in [3.8, 4) is 0 Å². The van der Waals surface area contributed by atoms with E-state index in [-0.39, 0.29) is 12.1 Å². The van der Waals surface area contributed by atoms with E-state index < -0.39 is 0 Å². The van der Waals surface area contributed by atoms with Crippen LogP contribution in [0, 0.1) is 5.92 Å². The Labute approximate surface area is 127 Å². The van der Waals surface area contributed by atoms with E-state index in [1.165, 1.54) is 6.42 Å². The third-order valence-corrected chi connectivity index (χ3v) is 4.65. The third-order valence-electron chi connectivity index (χ3n) is 4.65. The Kier molecular flexibility index (Phi) is 6.18. The summed E-state index contributed by atoms with van der Waals surface area (Å²) in [4.78, 5) is 6.72. The molecule has 1 N–H and O–H groups in total. The summed E-state index contributed by atoms with van der Waals surface area (Å²) in [6, 6.07) is 0.0991. The first-order valence-corrected chi connectivity index (χ1v) is 8.32. The van der Waals surface area contributed by atoms with E-state index in [1.54, 1.807) is 0 Å². The van der Waals surface area contributed by atoms with Crippen molar-refractivity contribution in [1.82, 2.24) is 15.0 Å². The van der Waals surface area contributed by atoms with Gasteiger partial charge in [0.25, 0.3) is 0 Å². The molecule has 0 aromatic carbocycles. The van der Waals surface area contributed by atoms with Crippen LogP contribution in [0.2, 0.25) is 0 Å². The lowest BCUT2D eigenvalue weighted by Gasteiger charge is -2.32. The van der Waals surface area contributed by atoms with Crippen molar-refractivity contribution in [2.24, 2.45) is 5.92 Å². The van der Waals surface area contributed by atoms with Gasteiger partial charge in [0.1, 0.15) is 0 Å². The largest absolute Gasteiger partial charge is 0.393 e. The molecule has 0 aliphatic heterocycles. The highest BCUT2D eigenvalue weighted by molar-refractivity contribution is 4.92. The summed E-state index contributed by atoms with van der Waals surface area (Å²) >= 11 is 0. The Morgan fingerprint density at radius 3 is 2.86 bits per heavy atom. The summed E-state index contributed by atoms with van der Waals surface area (Å²) in [5.41, 5.74) is 0. The molecule has 1 aromatic heterocycles. The van der Waals surface area contributed by atoms with E-state index >= 15 is 0 Å². The van der Waals surface area contributed by atoms with E-state index in [0.29, 0.717) is 11.8 Å². The molecule has 1 fully saturated rings. The topological polar surface area (TPSA) is 62.4 Å². The number of unbranched alkanes of at least 4 members (excludes halogenated alkanes) is 1. The average Bonchev–Trinajstić information content (AvgIpc) is 2.95. The lowest BCUT2D eigenvalue weighted by Crippen LogP contribution is -2.36. The van der Waals surface area contributed by atoms with Crippen molar-refractivity contribution >= 4 is 0 Å². The second-order valence-electron chi connectivity index (χ2n) is 6.38. The van der Waals surface area contributed by atoms with Gasteiger partial charge in [-0.3, -0.25) is 4.90 Å². The second kappa shape index (κ2) is 7.90. The van der Waals surface area contributed by atoms with Crippen LogP contribution < -0.4 is 0 Å². The molecule has 0 saturated heterocycles. The van der Waals surface area contributed by atoms with Crippen LogP contribution in [0.4, 0.5) is 0 Å². The Balaban J connectivity index is 1.88. The molecule has 1 heterocycles. The van der Waals surface area contributed by atoms with Gasteiger partial charge in [-0.05, 0) is 39.2 Å². The number of aliphatic hydroxyl groups is 1. The zero-order valence-electron chi connectivity index (χ0n) is 13.6. The monoisotopic (exact) mass is 295 g/mol. The Morgan fingerprint density at radius 1 is 1.38 bits per heavy atom.